The largest absolute Gasteiger partial charge is 0.279 e. The van der Waals surface area contributed by atoms with Gasteiger partial charge in [0, 0.05) is 6.20 Å². The van der Waals surface area contributed by atoms with Crippen molar-refractivity contribution in [3.05, 3.63) is 23.5 Å². The van der Waals surface area contributed by atoms with Gasteiger partial charge in [-0.25, -0.2) is 4.98 Å². The van der Waals surface area contributed by atoms with E-state index in [2.05, 4.69) is 29.7 Å². The van der Waals surface area contributed by atoms with Gasteiger partial charge in [0.1, 0.15) is 0 Å². The number of aromatic nitrogens is 3. The van der Waals surface area contributed by atoms with Crippen LogP contribution in [0.5, 0.6) is 0 Å². The van der Waals surface area contributed by atoms with Crippen LogP contribution in [-0.2, 0) is 0 Å². The van der Waals surface area contributed by atoms with E-state index >= 15 is 0 Å². The lowest BCUT2D eigenvalue weighted by Crippen LogP contribution is -2.33. The van der Waals surface area contributed by atoms with Crippen LogP contribution in [0.3, 0.4) is 0 Å². The number of fused-ring (bicyclic) bond motifs is 1. The van der Waals surface area contributed by atoms with Crippen LogP contribution in [0, 0.1) is 0 Å². The van der Waals surface area contributed by atoms with Crippen LogP contribution in [-0.4, -0.2) is 22.7 Å². The zero-order valence-electron chi connectivity index (χ0n) is 8.45. The van der Waals surface area contributed by atoms with Crippen molar-refractivity contribution in [3.63, 3.8) is 0 Å². The maximum Gasteiger partial charge on any atom is 0.178 e. The van der Waals surface area contributed by atoms with Crippen molar-refractivity contribution in [2.24, 2.45) is 0 Å². The van der Waals surface area contributed by atoms with Crippen molar-refractivity contribution < 1.29 is 0 Å². The average Bonchev–Trinajstić information content (AvgIpc) is 2.47. The summed E-state index contributed by atoms with van der Waals surface area (Å²) in [7, 11) is -1.48. The molecule has 0 saturated carbocycles. The van der Waals surface area contributed by atoms with Gasteiger partial charge in [-0.1, -0.05) is 11.6 Å². The number of hydrogen-bond acceptors (Lipinski definition) is 2. The van der Waals surface area contributed by atoms with E-state index in [1.165, 1.54) is 0 Å². The Labute approximate surface area is 88.8 Å². The Morgan fingerprint density at radius 1 is 1.36 bits per heavy atom. The number of rotatable bonds is 1. The van der Waals surface area contributed by atoms with Crippen molar-refractivity contribution in [2.45, 2.75) is 19.6 Å². The van der Waals surface area contributed by atoms with E-state index in [0.717, 1.165) is 16.1 Å². The van der Waals surface area contributed by atoms with Crippen molar-refractivity contribution in [1.82, 2.24) is 14.4 Å². The number of hydrogen-bond donors (Lipinski definition) is 0. The molecule has 74 valence electrons. The van der Waals surface area contributed by atoms with Crippen molar-refractivity contribution in [1.29, 1.82) is 0 Å². The van der Waals surface area contributed by atoms with Crippen molar-refractivity contribution >= 4 is 30.9 Å². The Morgan fingerprint density at radius 2 is 2.07 bits per heavy atom. The summed E-state index contributed by atoms with van der Waals surface area (Å²) in [6, 6.07) is 1.79. The molecule has 0 aliphatic carbocycles. The molecule has 2 heterocycles. The van der Waals surface area contributed by atoms with Crippen LogP contribution in [0.15, 0.2) is 18.5 Å². The van der Waals surface area contributed by atoms with Gasteiger partial charge in [-0.3, -0.25) is 4.35 Å². The molecule has 14 heavy (non-hydrogen) atoms. The molecule has 0 fully saturated rings. The van der Waals surface area contributed by atoms with Gasteiger partial charge >= 0.3 is 0 Å². The summed E-state index contributed by atoms with van der Waals surface area (Å²) in [5.74, 6) is 0. The minimum absolute atomic E-state index is 0.722. The van der Waals surface area contributed by atoms with E-state index in [4.69, 9.17) is 11.6 Å². The minimum atomic E-state index is -1.48. The maximum absolute atomic E-state index is 6.04. The molecular formula is C9H12ClN3Si. The molecular weight excluding hydrogens is 214 g/mol. The number of halogens is 1. The summed E-state index contributed by atoms with van der Waals surface area (Å²) >= 11 is 6.04. The monoisotopic (exact) mass is 225 g/mol. The van der Waals surface area contributed by atoms with Gasteiger partial charge in [-0.2, -0.15) is 5.10 Å². The summed E-state index contributed by atoms with van der Waals surface area (Å²) in [5.41, 5.74) is 0.900. The third-order valence-electron chi connectivity index (χ3n) is 2.05. The molecule has 0 bridgehead atoms. The van der Waals surface area contributed by atoms with E-state index < -0.39 is 8.24 Å². The van der Waals surface area contributed by atoms with Crippen LogP contribution in [0.4, 0.5) is 0 Å². The summed E-state index contributed by atoms with van der Waals surface area (Å²) in [6.45, 7) is 6.67. The van der Waals surface area contributed by atoms with Crippen molar-refractivity contribution in [3.8, 4) is 0 Å². The maximum atomic E-state index is 6.04. The SMILES string of the molecule is C[Si](C)(C)n1ncc2c(Cl)ccnc21. The zero-order chi connectivity index (χ0) is 10.3. The highest BCUT2D eigenvalue weighted by Crippen LogP contribution is 2.22. The second-order valence-corrected chi connectivity index (χ2v) is 9.43. The molecule has 0 atom stereocenters. The predicted molar refractivity (Wildman–Crippen MR) is 61.3 cm³/mol. The molecule has 5 heteroatoms. The smallest absolute Gasteiger partial charge is 0.178 e. The first-order chi connectivity index (χ1) is 6.50. The molecule has 3 nitrogen and oxygen atoms in total. The molecule has 0 aromatic carbocycles. The molecule has 0 N–H and O–H groups in total. The van der Waals surface area contributed by atoms with Gasteiger partial charge in [-0.05, 0) is 25.7 Å². The molecule has 0 radical (unpaired) electrons. The molecule has 2 aromatic rings. The molecule has 0 aliphatic rings. The Balaban J connectivity index is 2.76. The lowest BCUT2D eigenvalue weighted by molar-refractivity contribution is 0.948. The number of pyridine rings is 1. The molecule has 0 amide bonds. The Bertz CT molecular complexity index is 472. The first-order valence-electron chi connectivity index (χ1n) is 4.49. The highest BCUT2D eigenvalue weighted by molar-refractivity contribution is 6.75. The second-order valence-electron chi connectivity index (χ2n) is 4.26. The van der Waals surface area contributed by atoms with Gasteiger partial charge in [0.25, 0.3) is 0 Å². The highest BCUT2D eigenvalue weighted by atomic mass is 35.5. The standard InChI is InChI=1S/C9H12ClN3Si/c1-14(2,3)13-9-7(6-12-13)8(10)4-5-11-9/h4-6H,1-3H3. The van der Waals surface area contributed by atoms with Gasteiger partial charge in [0.15, 0.2) is 13.9 Å². The first-order valence-corrected chi connectivity index (χ1v) is 8.31. The Morgan fingerprint density at radius 3 is 2.71 bits per heavy atom. The number of nitrogens with zero attached hydrogens (tertiary/aromatic N) is 3. The van der Waals surface area contributed by atoms with E-state index in [0.29, 0.717) is 0 Å². The molecule has 0 aliphatic heterocycles. The van der Waals surface area contributed by atoms with Crippen molar-refractivity contribution in [2.75, 3.05) is 0 Å². The summed E-state index contributed by atoms with van der Waals surface area (Å²) in [5, 5.41) is 6.02. The quantitative estimate of drug-likeness (QED) is 0.699. The molecule has 0 spiro atoms. The van der Waals surface area contributed by atoms with Crippen LogP contribution in [0.25, 0.3) is 11.0 Å². The summed E-state index contributed by atoms with van der Waals surface area (Å²) in [4.78, 5) is 4.32. The fourth-order valence-electron chi connectivity index (χ4n) is 1.39. The highest BCUT2D eigenvalue weighted by Gasteiger charge is 2.21. The topological polar surface area (TPSA) is 30.7 Å². The summed E-state index contributed by atoms with van der Waals surface area (Å²) in [6.07, 6.45) is 3.52. The van der Waals surface area contributed by atoms with Crippen LogP contribution < -0.4 is 0 Å². The fraction of sp³-hybridized carbons (Fsp3) is 0.333. The lowest BCUT2D eigenvalue weighted by atomic mass is 10.4. The minimum Gasteiger partial charge on any atom is -0.279 e. The van der Waals surface area contributed by atoms with E-state index in [-0.39, 0.29) is 0 Å². The lowest BCUT2D eigenvalue weighted by Gasteiger charge is -2.16. The van der Waals surface area contributed by atoms with Gasteiger partial charge in [0.05, 0.1) is 16.6 Å². The van der Waals surface area contributed by atoms with Crippen LogP contribution in [0.2, 0.25) is 24.7 Å². The van der Waals surface area contributed by atoms with Gasteiger partial charge < -0.3 is 0 Å². The molecule has 2 aromatic heterocycles. The van der Waals surface area contributed by atoms with E-state index in [1.54, 1.807) is 18.5 Å². The van der Waals surface area contributed by atoms with E-state index in [1.807, 2.05) is 4.35 Å². The fourth-order valence-corrected chi connectivity index (χ4v) is 2.80. The van der Waals surface area contributed by atoms with E-state index in [9.17, 15) is 0 Å². The van der Waals surface area contributed by atoms with Gasteiger partial charge in [-0.15, -0.1) is 0 Å². The third kappa shape index (κ3) is 1.44. The summed E-state index contributed by atoms with van der Waals surface area (Å²) < 4.78 is 2.02. The zero-order valence-corrected chi connectivity index (χ0v) is 10.2. The van der Waals surface area contributed by atoms with Gasteiger partial charge in [0.2, 0.25) is 0 Å². The molecule has 2 rings (SSSR count). The predicted octanol–water partition coefficient (Wildman–Crippen LogP) is 2.77. The normalized spacial score (nSPS) is 12.3. The second kappa shape index (κ2) is 3.07. The third-order valence-corrected chi connectivity index (χ3v) is 3.98. The Hall–Kier alpha value is -0.873. The van der Waals surface area contributed by atoms with Crippen LogP contribution in [0.1, 0.15) is 0 Å². The Kier molecular flexibility index (Phi) is 2.12. The molecule has 0 saturated heterocycles. The van der Waals surface area contributed by atoms with Crippen LogP contribution >= 0.6 is 11.6 Å². The average molecular weight is 226 g/mol. The first kappa shape index (κ1) is 9.67. The molecule has 0 unspecified atom stereocenters.